The third-order valence-corrected chi connectivity index (χ3v) is 10.1. The number of nitrogens with zero attached hydrogens (tertiary/aromatic N) is 5. The van der Waals surface area contributed by atoms with E-state index in [4.69, 9.17) is 32.4 Å². The van der Waals surface area contributed by atoms with E-state index in [0.29, 0.717) is 50.6 Å². The number of phenolic OH excluding ortho intramolecular Hbond substituents is 1. The van der Waals surface area contributed by atoms with E-state index < -0.39 is 32.6 Å². The minimum Gasteiger partial charge on any atom is -0.507 e. The smallest absolute Gasteiger partial charge is 0.397 e. The molecule has 4 aromatic carbocycles. The first-order valence-corrected chi connectivity index (χ1v) is 18.9. The van der Waals surface area contributed by atoms with E-state index in [1.807, 2.05) is 0 Å². The van der Waals surface area contributed by atoms with Crippen molar-refractivity contribution < 1.29 is 59.9 Å². The number of phenols is 1. The molecule has 0 atom stereocenters. The molecule has 0 aliphatic heterocycles. The Bertz CT molecular complexity index is 2360. The van der Waals surface area contributed by atoms with Gasteiger partial charge in [0, 0.05) is 16.3 Å². The van der Waals surface area contributed by atoms with Gasteiger partial charge in [0.15, 0.2) is 9.84 Å². The number of hydrogen-bond acceptors (Lipinski definition) is 22. The van der Waals surface area contributed by atoms with Crippen molar-refractivity contribution >= 4 is 107 Å². The lowest BCUT2D eigenvalue weighted by Gasteiger charge is -2.11. The van der Waals surface area contributed by atoms with Crippen molar-refractivity contribution in [2.24, 2.45) is 10.2 Å². The third-order valence-electron chi connectivity index (χ3n) is 6.52. The predicted molar refractivity (Wildman–Crippen MR) is 189 cm³/mol. The Balaban J connectivity index is 1.37. The molecule has 0 aliphatic carbocycles. The first-order valence-electron chi connectivity index (χ1n) is 14.1. The minimum absolute atomic E-state index is 0.0313. The molecule has 26 heteroatoms. The van der Waals surface area contributed by atoms with Crippen molar-refractivity contribution in [3.8, 4) is 5.75 Å². The molecule has 280 valence electrons. The van der Waals surface area contributed by atoms with Gasteiger partial charge >= 0.3 is 10.4 Å². The molecule has 5 aromatic rings. The molecule has 0 amide bonds. The highest BCUT2D eigenvalue weighted by atomic mass is 35.5. The molecule has 0 unspecified atom stereocenters. The van der Waals surface area contributed by atoms with Crippen molar-refractivity contribution in [2.45, 2.75) is 14.7 Å². The van der Waals surface area contributed by atoms with E-state index in [-0.39, 0.29) is 50.3 Å². The summed E-state index contributed by atoms with van der Waals surface area (Å²) in [5.41, 5.74) is 7.34. The van der Waals surface area contributed by atoms with E-state index in [9.17, 15) is 21.9 Å². The summed E-state index contributed by atoms with van der Waals surface area (Å²) in [4.78, 5) is 12.9. The summed E-state index contributed by atoms with van der Waals surface area (Å²) in [5.74, 6) is -0.997. The van der Waals surface area contributed by atoms with E-state index in [2.05, 4.69) is 58.7 Å². The summed E-state index contributed by atoms with van der Waals surface area (Å²) in [6.07, 6.45) is 0. The SMILES string of the molecule is Nc1ccc2cc(SOOO)cc(O)c2c1/N=N/c1cc(Nc2nc(Cl)nc(Nc3ccc(S(=O)(=O)CCOS(=O)(=O)O)cc3)n2)ccc1SOOO. The van der Waals surface area contributed by atoms with Crippen molar-refractivity contribution in [1.82, 2.24) is 15.0 Å². The van der Waals surface area contributed by atoms with Gasteiger partial charge in [0.05, 0.1) is 57.3 Å². The number of nitrogens with one attached hydrogen (secondary N) is 2. The van der Waals surface area contributed by atoms with Crippen LogP contribution in [0.15, 0.2) is 91.6 Å². The summed E-state index contributed by atoms with van der Waals surface area (Å²) in [5, 5.41) is 50.2. The summed E-state index contributed by atoms with van der Waals surface area (Å²) < 4.78 is 68.1. The van der Waals surface area contributed by atoms with Crippen LogP contribution in [-0.4, -0.2) is 64.3 Å². The molecular weight excluding hydrogens is 808 g/mol. The molecule has 1 heterocycles. The number of fused-ring (bicyclic) bond motifs is 1. The zero-order valence-corrected chi connectivity index (χ0v) is 30.1. The molecule has 5 rings (SSSR count). The lowest BCUT2D eigenvalue weighted by Crippen LogP contribution is -2.15. The number of benzene rings is 4. The Hall–Kier alpha value is -4.48. The van der Waals surface area contributed by atoms with E-state index in [1.54, 1.807) is 24.3 Å². The van der Waals surface area contributed by atoms with Crippen LogP contribution < -0.4 is 16.4 Å². The summed E-state index contributed by atoms with van der Waals surface area (Å²) in [6.45, 7) is -0.777. The van der Waals surface area contributed by atoms with E-state index in [1.165, 1.54) is 42.5 Å². The maximum atomic E-state index is 12.5. The lowest BCUT2D eigenvalue weighted by molar-refractivity contribution is -0.432. The van der Waals surface area contributed by atoms with Gasteiger partial charge in [-0.3, -0.25) is 4.55 Å². The van der Waals surface area contributed by atoms with Gasteiger partial charge in [0.2, 0.25) is 17.2 Å². The van der Waals surface area contributed by atoms with Crippen LogP contribution >= 0.6 is 35.7 Å². The van der Waals surface area contributed by atoms with Crippen LogP contribution in [0.1, 0.15) is 0 Å². The number of rotatable bonds is 17. The topological polar surface area (TPSA) is 309 Å². The number of nitrogens with two attached hydrogens (primary N) is 1. The number of aromatic hydroxyl groups is 1. The average molecular weight is 831 g/mol. The van der Waals surface area contributed by atoms with Crippen LogP contribution in [0.2, 0.25) is 5.28 Å². The highest BCUT2D eigenvalue weighted by Gasteiger charge is 2.18. The molecular formula is C27H23ClN8O13S4. The van der Waals surface area contributed by atoms with Crippen molar-refractivity contribution in [2.75, 3.05) is 28.7 Å². The van der Waals surface area contributed by atoms with Crippen LogP contribution in [0.25, 0.3) is 10.8 Å². The van der Waals surface area contributed by atoms with Gasteiger partial charge < -0.3 is 21.5 Å². The highest BCUT2D eigenvalue weighted by molar-refractivity contribution is 7.95. The van der Waals surface area contributed by atoms with Crippen molar-refractivity contribution in [3.05, 3.63) is 72.0 Å². The fraction of sp³-hybridized carbons (Fsp3) is 0.0741. The summed E-state index contributed by atoms with van der Waals surface area (Å²) >= 11 is 7.39. The lowest BCUT2D eigenvalue weighted by atomic mass is 10.1. The number of sulfone groups is 1. The second-order valence-electron chi connectivity index (χ2n) is 9.97. The minimum atomic E-state index is -4.79. The van der Waals surface area contributed by atoms with Gasteiger partial charge in [-0.1, -0.05) is 16.1 Å². The first kappa shape index (κ1) is 39.7. The van der Waals surface area contributed by atoms with Crippen molar-refractivity contribution in [3.63, 3.8) is 0 Å². The molecule has 0 radical (unpaired) electrons. The van der Waals surface area contributed by atoms with Crippen LogP contribution in [-0.2, 0) is 43.2 Å². The quantitative estimate of drug-likeness (QED) is 0.0135. The first-order chi connectivity index (χ1) is 25.2. The summed E-state index contributed by atoms with van der Waals surface area (Å²) in [7, 11) is -8.74. The molecule has 0 saturated heterocycles. The van der Waals surface area contributed by atoms with Crippen LogP contribution in [0, 0.1) is 0 Å². The van der Waals surface area contributed by atoms with Gasteiger partial charge in [0.1, 0.15) is 17.1 Å². The van der Waals surface area contributed by atoms with Crippen molar-refractivity contribution in [1.29, 1.82) is 0 Å². The van der Waals surface area contributed by atoms with Gasteiger partial charge in [-0.05, 0) is 77.7 Å². The standard InChI is InChI=1S/C27H23ClN8O13S4/c28-25-32-26(30-15-2-5-18(6-3-15)52(40,41)10-9-45-53(42,43)44)34-27(33-25)31-16-4-8-22(51-49-47-39)20(12-16)35-36-24-19(29)7-1-14-11-17(50-48-46-38)13-21(37)23(14)24/h1-8,11-13,37-39H,9-10,29H2,(H,42,43,44)(H2,30,31,32,33,34)/b36-35+. The third kappa shape index (κ3) is 11.0. The molecule has 53 heavy (non-hydrogen) atoms. The number of hydrogen-bond donors (Lipinski definition) is 7. The second kappa shape index (κ2) is 17.6. The average Bonchev–Trinajstić information content (AvgIpc) is 3.09. The Morgan fingerprint density at radius 1 is 0.830 bits per heavy atom. The Morgan fingerprint density at radius 3 is 2.17 bits per heavy atom. The Morgan fingerprint density at radius 2 is 1.49 bits per heavy atom. The Labute approximate surface area is 312 Å². The van der Waals surface area contributed by atoms with E-state index in [0.717, 1.165) is 0 Å². The fourth-order valence-electron chi connectivity index (χ4n) is 4.36. The second-order valence-corrected chi connectivity index (χ2v) is 15.0. The predicted octanol–water partition coefficient (Wildman–Crippen LogP) is 6.32. The highest BCUT2D eigenvalue weighted by Crippen LogP contribution is 2.42. The maximum Gasteiger partial charge on any atom is 0.397 e. The largest absolute Gasteiger partial charge is 0.507 e. The number of aromatic nitrogens is 3. The fourth-order valence-corrected chi connectivity index (χ4v) is 6.86. The molecule has 8 N–H and O–H groups in total. The van der Waals surface area contributed by atoms with Gasteiger partial charge in [0.25, 0.3) is 0 Å². The number of azo groups is 1. The van der Waals surface area contributed by atoms with Crippen LogP contribution in [0.3, 0.4) is 0 Å². The number of anilines is 5. The molecule has 0 fully saturated rings. The Kier molecular flexibility index (Phi) is 13.2. The normalized spacial score (nSPS) is 12.1. The van der Waals surface area contributed by atoms with E-state index >= 15 is 0 Å². The van der Waals surface area contributed by atoms with Gasteiger partial charge in [-0.25, -0.2) is 23.1 Å². The summed E-state index contributed by atoms with van der Waals surface area (Å²) in [6, 6.07) is 16.0. The van der Waals surface area contributed by atoms with Crippen LogP contribution in [0.5, 0.6) is 5.75 Å². The zero-order valence-electron chi connectivity index (χ0n) is 26.1. The van der Waals surface area contributed by atoms with Gasteiger partial charge in [-0.2, -0.15) is 23.4 Å². The van der Waals surface area contributed by atoms with Crippen LogP contribution in [0.4, 0.5) is 40.3 Å². The number of nitrogen functional groups attached to an aromatic ring is 1. The monoisotopic (exact) mass is 830 g/mol. The molecule has 0 bridgehead atoms. The molecule has 0 spiro atoms. The molecule has 21 nitrogen and oxygen atoms in total. The molecule has 1 aromatic heterocycles. The molecule has 0 aliphatic rings. The number of halogens is 1. The zero-order chi connectivity index (χ0) is 38.2. The maximum absolute atomic E-state index is 12.5. The molecule has 0 saturated carbocycles. The van der Waals surface area contributed by atoms with Gasteiger partial charge in [-0.15, -0.1) is 18.9 Å².